The van der Waals surface area contributed by atoms with Gasteiger partial charge in [0.05, 0.1) is 0 Å². The maximum atomic E-state index is 2.39. The van der Waals surface area contributed by atoms with E-state index in [1.165, 1.54) is 66.3 Å². The predicted octanol–water partition coefficient (Wildman–Crippen LogP) is 14.0. The average Bonchev–Trinajstić information content (AvgIpc) is 3.25. The number of anilines is 4. The first kappa shape index (κ1) is 33.0. The highest BCUT2D eigenvalue weighted by atomic mass is 15.1. The van der Waals surface area contributed by atoms with E-state index >= 15 is 0 Å². The summed E-state index contributed by atoms with van der Waals surface area (Å²) in [5.74, 6) is 0. The number of fused-ring (bicyclic) bond motifs is 2. The molecule has 0 saturated heterocycles. The SMILES string of the molecule is c1ccc(CN(c2ccccc2)c2ccc(-c3c4ccccc4c(-c4ccc(N(Cc5ccccc5)c5ccccc5)cc4)c4ccccc34)cc2)cc1. The zero-order valence-corrected chi connectivity index (χ0v) is 30.1. The summed E-state index contributed by atoms with van der Waals surface area (Å²) in [6, 6.07) is 78.8. The summed E-state index contributed by atoms with van der Waals surface area (Å²) in [4.78, 5) is 4.78. The van der Waals surface area contributed by atoms with Gasteiger partial charge in [-0.2, -0.15) is 0 Å². The minimum atomic E-state index is 0.791. The predicted molar refractivity (Wildman–Crippen MR) is 230 cm³/mol. The van der Waals surface area contributed by atoms with E-state index in [-0.39, 0.29) is 0 Å². The van der Waals surface area contributed by atoms with Gasteiger partial charge in [-0.3, -0.25) is 0 Å². The largest absolute Gasteiger partial charge is 0.337 e. The first-order valence-corrected chi connectivity index (χ1v) is 18.7. The Morgan fingerprint density at radius 1 is 0.241 bits per heavy atom. The van der Waals surface area contributed by atoms with Crippen LogP contribution in [0.4, 0.5) is 22.7 Å². The Bertz CT molecular complexity index is 2380. The standard InChI is InChI=1S/C52H40N2/c1-5-17-39(18-6-1)37-53(43-21-9-3-10-22-43)45-33-29-41(30-34-45)51-47-25-13-15-27-49(47)52(50-28-16-14-26-48(50)51)42-31-35-46(36-32-42)54(44-23-11-4-12-24-44)38-40-19-7-2-8-20-40/h1-36H,37-38H2. The Hall–Kier alpha value is -6.90. The van der Waals surface area contributed by atoms with E-state index in [0.717, 1.165) is 24.5 Å². The van der Waals surface area contributed by atoms with Gasteiger partial charge >= 0.3 is 0 Å². The van der Waals surface area contributed by atoms with Crippen LogP contribution in [-0.4, -0.2) is 0 Å². The Kier molecular flexibility index (Phi) is 9.15. The third-order valence-corrected chi connectivity index (χ3v) is 10.4. The van der Waals surface area contributed by atoms with Gasteiger partial charge in [0.2, 0.25) is 0 Å². The molecule has 54 heavy (non-hydrogen) atoms. The second-order valence-corrected chi connectivity index (χ2v) is 13.7. The van der Waals surface area contributed by atoms with E-state index in [1.807, 2.05) is 0 Å². The number of hydrogen-bond donors (Lipinski definition) is 0. The molecule has 9 rings (SSSR count). The van der Waals surface area contributed by atoms with Gasteiger partial charge in [-0.1, -0.05) is 170 Å². The van der Waals surface area contributed by atoms with Crippen molar-refractivity contribution in [2.45, 2.75) is 13.1 Å². The van der Waals surface area contributed by atoms with Gasteiger partial charge in [0.15, 0.2) is 0 Å². The van der Waals surface area contributed by atoms with Crippen LogP contribution in [0.5, 0.6) is 0 Å². The molecule has 0 aliphatic rings. The molecule has 0 amide bonds. The summed E-state index contributed by atoms with van der Waals surface area (Å²) < 4.78 is 0. The van der Waals surface area contributed by atoms with Crippen LogP contribution >= 0.6 is 0 Å². The molecule has 2 nitrogen and oxygen atoms in total. The number of para-hydroxylation sites is 2. The van der Waals surface area contributed by atoms with E-state index in [1.54, 1.807) is 0 Å². The summed E-state index contributed by atoms with van der Waals surface area (Å²) in [5.41, 5.74) is 12.2. The van der Waals surface area contributed by atoms with Gasteiger partial charge in [0, 0.05) is 35.8 Å². The maximum absolute atomic E-state index is 2.39. The van der Waals surface area contributed by atoms with Gasteiger partial charge in [-0.15, -0.1) is 0 Å². The second-order valence-electron chi connectivity index (χ2n) is 13.7. The molecular weight excluding hydrogens is 653 g/mol. The molecule has 0 spiro atoms. The van der Waals surface area contributed by atoms with Crippen LogP contribution in [0, 0.1) is 0 Å². The smallest absolute Gasteiger partial charge is 0.0481 e. The molecule has 0 saturated carbocycles. The second kappa shape index (κ2) is 15.0. The van der Waals surface area contributed by atoms with E-state index in [4.69, 9.17) is 0 Å². The molecule has 0 unspecified atom stereocenters. The summed E-state index contributed by atoms with van der Waals surface area (Å²) in [6.07, 6.45) is 0. The highest BCUT2D eigenvalue weighted by Gasteiger charge is 2.18. The molecule has 0 N–H and O–H groups in total. The quantitative estimate of drug-likeness (QED) is 0.132. The van der Waals surface area contributed by atoms with Crippen molar-refractivity contribution in [1.82, 2.24) is 0 Å². The summed E-state index contributed by atoms with van der Waals surface area (Å²) in [5, 5.41) is 5.01. The van der Waals surface area contributed by atoms with Gasteiger partial charge in [0.1, 0.15) is 0 Å². The van der Waals surface area contributed by atoms with Gasteiger partial charge in [-0.25, -0.2) is 0 Å². The van der Waals surface area contributed by atoms with Crippen molar-refractivity contribution in [2.24, 2.45) is 0 Å². The first-order valence-electron chi connectivity index (χ1n) is 18.7. The van der Waals surface area contributed by atoms with Crippen LogP contribution in [0.15, 0.2) is 218 Å². The molecule has 0 aliphatic carbocycles. The van der Waals surface area contributed by atoms with Crippen LogP contribution in [0.25, 0.3) is 43.8 Å². The zero-order valence-electron chi connectivity index (χ0n) is 30.1. The highest BCUT2D eigenvalue weighted by Crippen LogP contribution is 2.44. The van der Waals surface area contributed by atoms with E-state index < -0.39 is 0 Å². The van der Waals surface area contributed by atoms with Crippen LogP contribution in [0.1, 0.15) is 11.1 Å². The fraction of sp³-hybridized carbons (Fsp3) is 0.0385. The van der Waals surface area contributed by atoms with E-state index in [0.29, 0.717) is 0 Å². The van der Waals surface area contributed by atoms with Crippen LogP contribution < -0.4 is 9.80 Å². The third-order valence-electron chi connectivity index (χ3n) is 10.4. The van der Waals surface area contributed by atoms with Crippen molar-refractivity contribution >= 4 is 44.3 Å². The molecule has 0 aliphatic heterocycles. The van der Waals surface area contributed by atoms with Crippen LogP contribution in [0.2, 0.25) is 0 Å². The molecule has 0 bridgehead atoms. The van der Waals surface area contributed by atoms with E-state index in [2.05, 4.69) is 228 Å². The lowest BCUT2D eigenvalue weighted by atomic mass is 9.86. The summed E-state index contributed by atoms with van der Waals surface area (Å²) >= 11 is 0. The fourth-order valence-corrected chi connectivity index (χ4v) is 7.78. The molecule has 9 aromatic rings. The number of rotatable bonds is 10. The minimum Gasteiger partial charge on any atom is -0.337 e. The lowest BCUT2D eigenvalue weighted by Crippen LogP contribution is -2.16. The number of hydrogen-bond acceptors (Lipinski definition) is 2. The van der Waals surface area contributed by atoms with Crippen molar-refractivity contribution in [1.29, 1.82) is 0 Å². The topological polar surface area (TPSA) is 6.48 Å². The van der Waals surface area contributed by atoms with Gasteiger partial charge < -0.3 is 9.80 Å². The molecular formula is C52H40N2. The number of benzene rings is 9. The minimum absolute atomic E-state index is 0.791. The number of nitrogens with zero attached hydrogens (tertiary/aromatic N) is 2. The third kappa shape index (κ3) is 6.62. The lowest BCUT2D eigenvalue weighted by molar-refractivity contribution is 0.975. The average molecular weight is 693 g/mol. The summed E-state index contributed by atoms with van der Waals surface area (Å²) in [6.45, 7) is 1.58. The van der Waals surface area contributed by atoms with Gasteiger partial charge in [-0.05, 0) is 103 Å². The first-order chi connectivity index (χ1) is 26.8. The Morgan fingerprint density at radius 3 is 0.815 bits per heavy atom. The highest BCUT2D eigenvalue weighted by molar-refractivity contribution is 6.21. The van der Waals surface area contributed by atoms with Crippen molar-refractivity contribution < 1.29 is 0 Å². The molecule has 9 aromatic carbocycles. The maximum Gasteiger partial charge on any atom is 0.0481 e. The van der Waals surface area contributed by atoms with Gasteiger partial charge in [0.25, 0.3) is 0 Å². The normalized spacial score (nSPS) is 11.1. The van der Waals surface area contributed by atoms with Crippen LogP contribution in [0.3, 0.4) is 0 Å². The van der Waals surface area contributed by atoms with Crippen molar-refractivity contribution in [3.8, 4) is 22.3 Å². The summed E-state index contributed by atoms with van der Waals surface area (Å²) in [7, 11) is 0. The van der Waals surface area contributed by atoms with Crippen molar-refractivity contribution in [3.63, 3.8) is 0 Å². The van der Waals surface area contributed by atoms with E-state index in [9.17, 15) is 0 Å². The lowest BCUT2D eigenvalue weighted by Gasteiger charge is -2.26. The monoisotopic (exact) mass is 692 g/mol. The molecule has 2 heteroatoms. The van der Waals surface area contributed by atoms with Crippen molar-refractivity contribution in [3.05, 3.63) is 230 Å². The fourth-order valence-electron chi connectivity index (χ4n) is 7.78. The Balaban J connectivity index is 1.12. The molecule has 0 heterocycles. The van der Waals surface area contributed by atoms with Crippen molar-refractivity contribution in [2.75, 3.05) is 9.80 Å². The Labute approximate surface area is 317 Å². The molecule has 0 radical (unpaired) electrons. The molecule has 0 atom stereocenters. The Morgan fingerprint density at radius 2 is 0.500 bits per heavy atom. The zero-order chi connectivity index (χ0) is 36.1. The molecule has 258 valence electrons. The van der Waals surface area contributed by atoms with Crippen LogP contribution in [-0.2, 0) is 13.1 Å². The molecule has 0 fully saturated rings. The molecule has 0 aromatic heterocycles.